The third-order valence-corrected chi connectivity index (χ3v) is 4.37. The predicted molar refractivity (Wildman–Crippen MR) is 77.9 cm³/mol. The Kier molecular flexibility index (Phi) is 3.71. The lowest BCUT2D eigenvalue weighted by Gasteiger charge is -2.30. The molecule has 0 fully saturated rings. The number of fused-ring (bicyclic) bond motifs is 1. The first-order chi connectivity index (χ1) is 8.44. The Balaban J connectivity index is 2.36. The van der Waals surface area contributed by atoms with Crippen LogP contribution in [0.1, 0.15) is 55.4 Å². The van der Waals surface area contributed by atoms with Gasteiger partial charge in [0.05, 0.1) is 0 Å². The average Bonchev–Trinajstić information content (AvgIpc) is 2.54. The molecule has 0 radical (unpaired) electrons. The van der Waals surface area contributed by atoms with Crippen molar-refractivity contribution in [3.63, 3.8) is 0 Å². The van der Waals surface area contributed by atoms with Crippen LogP contribution in [-0.4, -0.2) is 22.1 Å². The second-order valence-corrected chi connectivity index (χ2v) is 7.58. The molecule has 0 saturated heterocycles. The number of nitrogens with zero attached hydrogens (tertiary/aromatic N) is 1. The maximum atomic E-state index is 12.4. The number of amides is 1. The molecule has 0 aliphatic carbocycles. The van der Waals surface area contributed by atoms with Crippen molar-refractivity contribution < 1.29 is 4.79 Å². The fourth-order valence-corrected chi connectivity index (χ4v) is 3.59. The van der Waals surface area contributed by atoms with Gasteiger partial charge in [-0.2, -0.15) is 0 Å². The highest BCUT2D eigenvalue weighted by molar-refractivity contribution is 8.00. The normalized spacial score (nSPS) is 19.2. The molecule has 0 saturated carbocycles. The van der Waals surface area contributed by atoms with Crippen LogP contribution in [-0.2, 0) is 0 Å². The monoisotopic (exact) mass is 263 g/mol. The number of rotatable bonds is 3. The lowest BCUT2D eigenvalue weighted by molar-refractivity contribution is 0.0773. The van der Waals surface area contributed by atoms with Gasteiger partial charge in [0.1, 0.15) is 5.37 Å². The molecule has 2 rings (SSSR count). The van der Waals surface area contributed by atoms with E-state index in [2.05, 4.69) is 33.8 Å². The topological polar surface area (TPSA) is 20.3 Å². The van der Waals surface area contributed by atoms with Crippen LogP contribution in [0.15, 0.2) is 24.3 Å². The highest BCUT2D eigenvalue weighted by atomic mass is 32.2. The molecule has 0 N–H and O–H groups in total. The van der Waals surface area contributed by atoms with Gasteiger partial charge in [0.2, 0.25) is 0 Å². The smallest absolute Gasteiger partial charge is 0.255 e. The maximum Gasteiger partial charge on any atom is 0.255 e. The Morgan fingerprint density at radius 3 is 2.56 bits per heavy atom. The molecule has 1 unspecified atom stereocenters. The fraction of sp³-hybridized carbons (Fsp3) is 0.533. The van der Waals surface area contributed by atoms with Crippen molar-refractivity contribution in [1.29, 1.82) is 0 Å². The second-order valence-electron chi connectivity index (χ2n) is 5.67. The van der Waals surface area contributed by atoms with Crippen LogP contribution in [0, 0.1) is 0 Å². The molecule has 0 bridgehead atoms. The maximum absolute atomic E-state index is 12.4. The quantitative estimate of drug-likeness (QED) is 0.819. The first-order valence-electron chi connectivity index (χ1n) is 6.52. The summed E-state index contributed by atoms with van der Waals surface area (Å²) in [4.78, 5) is 14.4. The highest BCUT2D eigenvalue weighted by Gasteiger charge is 2.38. The Morgan fingerprint density at radius 1 is 1.28 bits per heavy atom. The van der Waals surface area contributed by atoms with E-state index in [0.29, 0.717) is 0 Å². The number of carbonyl (C=O) groups excluding carboxylic acids is 1. The van der Waals surface area contributed by atoms with Crippen molar-refractivity contribution >= 4 is 17.7 Å². The van der Waals surface area contributed by atoms with Crippen LogP contribution in [0.2, 0.25) is 0 Å². The van der Waals surface area contributed by atoms with Gasteiger partial charge in [-0.15, -0.1) is 11.8 Å². The Hall–Kier alpha value is -0.960. The molecule has 1 aliphatic rings. The van der Waals surface area contributed by atoms with Crippen molar-refractivity contribution in [2.45, 2.75) is 44.2 Å². The molecule has 0 spiro atoms. The van der Waals surface area contributed by atoms with E-state index in [1.54, 1.807) is 0 Å². The molecule has 3 heteroatoms. The first kappa shape index (κ1) is 13.5. The van der Waals surface area contributed by atoms with Crippen molar-refractivity contribution in [1.82, 2.24) is 4.90 Å². The molecule has 1 atom stereocenters. The Morgan fingerprint density at radius 2 is 1.94 bits per heavy atom. The standard InChI is InChI=1S/C15H21NOS/c1-5-10-16-13(17)11-8-6-7-9-12(11)14(16)18-15(2,3)4/h6-9,14H,5,10H2,1-4H3. The molecular weight excluding hydrogens is 242 g/mol. The largest absolute Gasteiger partial charge is 0.322 e. The van der Waals surface area contributed by atoms with E-state index in [-0.39, 0.29) is 16.0 Å². The molecule has 1 amide bonds. The van der Waals surface area contributed by atoms with Crippen LogP contribution in [0.4, 0.5) is 0 Å². The summed E-state index contributed by atoms with van der Waals surface area (Å²) in [6.45, 7) is 9.56. The van der Waals surface area contributed by atoms with Crippen LogP contribution in [0.3, 0.4) is 0 Å². The van der Waals surface area contributed by atoms with Gasteiger partial charge in [0.15, 0.2) is 0 Å². The lowest BCUT2D eigenvalue weighted by atomic mass is 10.1. The van der Waals surface area contributed by atoms with Gasteiger partial charge in [-0.3, -0.25) is 4.79 Å². The van der Waals surface area contributed by atoms with Gasteiger partial charge < -0.3 is 4.90 Å². The minimum Gasteiger partial charge on any atom is -0.322 e. The number of hydrogen-bond acceptors (Lipinski definition) is 2. The predicted octanol–water partition coefficient (Wildman–Crippen LogP) is 4.08. The summed E-state index contributed by atoms with van der Waals surface area (Å²) in [6.07, 6.45) is 1.00. The van der Waals surface area contributed by atoms with Gasteiger partial charge in [-0.25, -0.2) is 0 Å². The van der Waals surface area contributed by atoms with Gasteiger partial charge in [-0.05, 0) is 18.1 Å². The van der Waals surface area contributed by atoms with Crippen molar-refractivity contribution in [2.24, 2.45) is 0 Å². The van der Waals surface area contributed by atoms with Crippen molar-refractivity contribution in [3.8, 4) is 0 Å². The summed E-state index contributed by atoms with van der Waals surface area (Å²) in [7, 11) is 0. The molecule has 1 heterocycles. The zero-order valence-electron chi connectivity index (χ0n) is 11.6. The summed E-state index contributed by atoms with van der Waals surface area (Å²) in [5.74, 6) is 0.189. The lowest BCUT2D eigenvalue weighted by Crippen LogP contribution is -2.29. The summed E-state index contributed by atoms with van der Waals surface area (Å²) >= 11 is 1.86. The third-order valence-electron chi connectivity index (χ3n) is 2.93. The van der Waals surface area contributed by atoms with E-state index in [9.17, 15) is 4.79 Å². The molecule has 2 nitrogen and oxygen atoms in total. The van der Waals surface area contributed by atoms with E-state index in [1.807, 2.05) is 34.9 Å². The number of benzene rings is 1. The first-order valence-corrected chi connectivity index (χ1v) is 7.39. The van der Waals surface area contributed by atoms with Crippen LogP contribution >= 0.6 is 11.8 Å². The number of hydrogen-bond donors (Lipinski definition) is 0. The summed E-state index contributed by atoms with van der Waals surface area (Å²) in [6, 6.07) is 8.01. The van der Waals surface area contributed by atoms with Crippen molar-refractivity contribution in [3.05, 3.63) is 35.4 Å². The molecular formula is C15H21NOS. The van der Waals surface area contributed by atoms with E-state index in [0.717, 1.165) is 18.5 Å². The van der Waals surface area contributed by atoms with Crippen LogP contribution in [0.5, 0.6) is 0 Å². The SMILES string of the molecule is CCCN1C(=O)c2ccccc2C1SC(C)(C)C. The Bertz CT molecular complexity index is 450. The van der Waals surface area contributed by atoms with Gasteiger partial charge in [-0.1, -0.05) is 45.9 Å². The zero-order chi connectivity index (χ0) is 13.3. The van der Waals surface area contributed by atoms with Crippen LogP contribution in [0.25, 0.3) is 0 Å². The minimum absolute atomic E-state index is 0.147. The van der Waals surface area contributed by atoms with Gasteiger partial charge >= 0.3 is 0 Å². The van der Waals surface area contributed by atoms with Gasteiger partial charge in [0, 0.05) is 16.9 Å². The van der Waals surface area contributed by atoms with E-state index >= 15 is 0 Å². The summed E-state index contributed by atoms with van der Waals surface area (Å²) < 4.78 is 0.147. The summed E-state index contributed by atoms with van der Waals surface area (Å²) in [5, 5.41) is 0.175. The third kappa shape index (κ3) is 2.56. The summed E-state index contributed by atoms with van der Waals surface area (Å²) in [5.41, 5.74) is 2.06. The second kappa shape index (κ2) is 4.96. The molecule has 1 aromatic rings. The van der Waals surface area contributed by atoms with E-state index in [1.165, 1.54) is 5.56 Å². The van der Waals surface area contributed by atoms with Crippen molar-refractivity contribution in [2.75, 3.05) is 6.54 Å². The van der Waals surface area contributed by atoms with E-state index < -0.39 is 0 Å². The van der Waals surface area contributed by atoms with E-state index in [4.69, 9.17) is 0 Å². The molecule has 1 aromatic carbocycles. The Labute approximate surface area is 114 Å². The fourth-order valence-electron chi connectivity index (χ4n) is 2.26. The molecule has 18 heavy (non-hydrogen) atoms. The highest BCUT2D eigenvalue weighted by Crippen LogP contribution is 2.46. The van der Waals surface area contributed by atoms with Gasteiger partial charge in [0.25, 0.3) is 5.91 Å². The molecule has 98 valence electrons. The molecule has 0 aromatic heterocycles. The zero-order valence-corrected chi connectivity index (χ0v) is 12.4. The average molecular weight is 263 g/mol. The molecule has 1 aliphatic heterocycles. The minimum atomic E-state index is 0.147. The number of carbonyl (C=O) groups is 1. The van der Waals surface area contributed by atoms with Crippen LogP contribution < -0.4 is 0 Å². The number of thioether (sulfide) groups is 1.